The molecule has 412 valence electrons. The number of hydrogen-bond acceptors (Lipinski definition) is 5. The van der Waals surface area contributed by atoms with Gasteiger partial charge < -0.3 is 14.2 Å². The van der Waals surface area contributed by atoms with Gasteiger partial charge in [0.15, 0.2) is 6.10 Å². The van der Waals surface area contributed by atoms with Gasteiger partial charge in [0.25, 0.3) is 0 Å². The van der Waals surface area contributed by atoms with Crippen LogP contribution in [0.3, 0.4) is 0 Å². The quantitative estimate of drug-likeness (QED) is 0.0345. The van der Waals surface area contributed by atoms with E-state index in [-0.39, 0.29) is 25.2 Å². The number of hydrogen-bond donors (Lipinski definition) is 0. The summed E-state index contributed by atoms with van der Waals surface area (Å²) in [5.74, 6) is -0.391. The van der Waals surface area contributed by atoms with E-state index in [9.17, 15) is 9.59 Å². The molecule has 0 heterocycles. The van der Waals surface area contributed by atoms with Crippen LogP contribution in [0.15, 0.2) is 36.5 Å². The van der Waals surface area contributed by atoms with Crippen molar-refractivity contribution in [1.82, 2.24) is 0 Å². The molecule has 0 aromatic carbocycles. The van der Waals surface area contributed by atoms with Crippen LogP contribution in [0, 0.1) is 0 Å². The molecule has 0 N–H and O–H groups in total. The fourth-order valence-corrected chi connectivity index (χ4v) is 9.42. The van der Waals surface area contributed by atoms with Gasteiger partial charge in [0.05, 0.1) is 6.61 Å². The first-order valence-corrected chi connectivity index (χ1v) is 31.5. The van der Waals surface area contributed by atoms with Crippen molar-refractivity contribution in [2.75, 3.05) is 19.8 Å². The maximum absolute atomic E-state index is 12.9. The summed E-state index contributed by atoms with van der Waals surface area (Å²) in [5.41, 5.74) is 0. The van der Waals surface area contributed by atoms with Crippen molar-refractivity contribution >= 4 is 11.9 Å². The average Bonchev–Trinajstić information content (AvgIpc) is 3.36. The Balaban J connectivity index is 4.22. The van der Waals surface area contributed by atoms with Crippen LogP contribution < -0.4 is 0 Å². The third-order valence-corrected chi connectivity index (χ3v) is 14.1. The Labute approximate surface area is 438 Å². The highest BCUT2D eigenvalue weighted by Crippen LogP contribution is 2.17. The lowest BCUT2D eigenvalue weighted by Gasteiger charge is -2.18. The van der Waals surface area contributed by atoms with Gasteiger partial charge in [-0.2, -0.15) is 0 Å². The fourth-order valence-electron chi connectivity index (χ4n) is 9.42. The molecular weight excluding hydrogens is 861 g/mol. The van der Waals surface area contributed by atoms with Crippen LogP contribution in [-0.2, 0) is 23.8 Å². The number of ether oxygens (including phenoxy) is 3. The van der Waals surface area contributed by atoms with E-state index in [0.717, 1.165) is 57.8 Å². The molecule has 0 aliphatic rings. The Morgan fingerprint density at radius 1 is 0.314 bits per heavy atom. The third kappa shape index (κ3) is 58.7. The summed E-state index contributed by atoms with van der Waals surface area (Å²) >= 11 is 0. The largest absolute Gasteiger partial charge is 0.462 e. The number of unbranched alkanes of at least 4 members (excludes halogenated alkanes) is 42. The van der Waals surface area contributed by atoms with E-state index < -0.39 is 6.10 Å². The van der Waals surface area contributed by atoms with Crippen molar-refractivity contribution in [1.29, 1.82) is 0 Å². The van der Waals surface area contributed by atoms with Gasteiger partial charge in [-0.15, -0.1) is 0 Å². The van der Waals surface area contributed by atoms with Gasteiger partial charge in [0.2, 0.25) is 0 Å². The van der Waals surface area contributed by atoms with Gasteiger partial charge in [-0.25, -0.2) is 0 Å². The number of rotatable bonds is 59. The van der Waals surface area contributed by atoms with E-state index in [1.165, 1.54) is 250 Å². The summed E-state index contributed by atoms with van der Waals surface area (Å²) in [6, 6.07) is 0. The first-order chi connectivity index (χ1) is 34.6. The maximum atomic E-state index is 12.9. The second kappa shape index (κ2) is 61.4. The van der Waals surface area contributed by atoms with Gasteiger partial charge in [-0.1, -0.05) is 288 Å². The summed E-state index contributed by atoms with van der Waals surface area (Å²) < 4.78 is 17.5. The summed E-state index contributed by atoms with van der Waals surface area (Å²) in [7, 11) is 0. The van der Waals surface area contributed by atoms with Crippen molar-refractivity contribution in [3.8, 4) is 0 Å². The molecule has 1 unspecified atom stereocenters. The number of esters is 2. The summed E-state index contributed by atoms with van der Waals surface area (Å²) in [4.78, 5) is 25.6. The molecule has 0 aromatic rings. The molecule has 0 amide bonds. The molecule has 5 nitrogen and oxygen atoms in total. The average molecular weight is 984 g/mol. The summed E-state index contributed by atoms with van der Waals surface area (Å²) in [5, 5.41) is 0. The lowest BCUT2D eigenvalue weighted by Crippen LogP contribution is -2.30. The number of carbonyl (C=O) groups is 2. The summed E-state index contributed by atoms with van der Waals surface area (Å²) in [6.45, 7) is 7.85. The molecule has 0 saturated heterocycles. The first kappa shape index (κ1) is 68.1. The van der Waals surface area contributed by atoms with Gasteiger partial charge >= 0.3 is 11.9 Å². The van der Waals surface area contributed by atoms with Crippen molar-refractivity contribution in [2.24, 2.45) is 0 Å². The van der Waals surface area contributed by atoms with E-state index in [0.29, 0.717) is 19.4 Å². The highest BCUT2D eigenvalue weighted by Gasteiger charge is 2.18. The Hall–Kier alpha value is -1.88. The van der Waals surface area contributed by atoms with Crippen LogP contribution in [-0.4, -0.2) is 37.9 Å². The molecule has 0 bridgehead atoms. The molecule has 0 spiro atoms. The van der Waals surface area contributed by atoms with Crippen LogP contribution in [0.2, 0.25) is 0 Å². The van der Waals surface area contributed by atoms with Crippen molar-refractivity contribution < 1.29 is 23.8 Å². The minimum atomic E-state index is -0.541. The van der Waals surface area contributed by atoms with E-state index >= 15 is 0 Å². The lowest BCUT2D eigenvalue weighted by molar-refractivity contribution is -0.163. The Morgan fingerprint density at radius 3 is 0.986 bits per heavy atom. The zero-order valence-corrected chi connectivity index (χ0v) is 47.6. The second-order valence-electron chi connectivity index (χ2n) is 21.3. The van der Waals surface area contributed by atoms with Crippen LogP contribution in [0.25, 0.3) is 0 Å². The van der Waals surface area contributed by atoms with Gasteiger partial charge in [0, 0.05) is 19.4 Å². The monoisotopic (exact) mass is 983 g/mol. The maximum Gasteiger partial charge on any atom is 0.306 e. The van der Waals surface area contributed by atoms with Crippen LogP contribution in [0.4, 0.5) is 0 Å². The van der Waals surface area contributed by atoms with Gasteiger partial charge in [-0.3, -0.25) is 9.59 Å². The van der Waals surface area contributed by atoms with Crippen LogP contribution in [0.5, 0.6) is 0 Å². The minimum absolute atomic E-state index is 0.0851. The van der Waals surface area contributed by atoms with Gasteiger partial charge in [0.1, 0.15) is 6.61 Å². The number of allylic oxidation sites excluding steroid dienone is 6. The van der Waals surface area contributed by atoms with E-state index in [1.54, 1.807) is 0 Å². The molecule has 0 rings (SSSR count). The zero-order chi connectivity index (χ0) is 50.6. The molecule has 0 radical (unpaired) electrons. The van der Waals surface area contributed by atoms with Crippen LogP contribution in [0.1, 0.15) is 342 Å². The molecule has 5 heteroatoms. The second-order valence-corrected chi connectivity index (χ2v) is 21.3. The molecular formula is C65H122O5. The minimum Gasteiger partial charge on any atom is -0.462 e. The molecule has 0 fully saturated rings. The smallest absolute Gasteiger partial charge is 0.306 e. The Kier molecular flexibility index (Phi) is 59.8. The molecule has 0 aromatic heterocycles. The van der Waals surface area contributed by atoms with Crippen LogP contribution >= 0.6 is 0 Å². The zero-order valence-electron chi connectivity index (χ0n) is 47.6. The first-order valence-electron chi connectivity index (χ1n) is 31.5. The van der Waals surface area contributed by atoms with E-state index in [4.69, 9.17) is 14.2 Å². The Morgan fingerprint density at radius 2 is 0.600 bits per heavy atom. The normalized spacial score (nSPS) is 12.3. The fraction of sp³-hybridized carbons (Fsp3) is 0.877. The standard InChI is InChI=1S/C65H122O5/c1-4-7-10-13-16-19-22-25-28-30-32-34-36-39-42-45-48-51-54-57-60-68-61-63(70-65(67)59-56-53-50-47-44-41-37-27-24-21-18-15-12-9-6-3)62-69-64(66)58-55-52-49-46-43-40-38-35-33-31-29-26-23-20-17-14-11-8-5-2/h18,21,25,27-28,37,63H,4-17,19-20,22-24,26,29-36,38-62H2,1-3H3/b21-18-,28-25-,37-27-. The molecule has 0 saturated carbocycles. The molecule has 0 aliphatic heterocycles. The number of carbonyl (C=O) groups excluding carboxylic acids is 2. The Bertz CT molecular complexity index is 1110. The predicted octanol–water partition coefficient (Wildman–Crippen LogP) is 21.7. The van der Waals surface area contributed by atoms with Crippen molar-refractivity contribution in [3.63, 3.8) is 0 Å². The third-order valence-electron chi connectivity index (χ3n) is 14.1. The topological polar surface area (TPSA) is 61.8 Å². The van der Waals surface area contributed by atoms with Crippen molar-refractivity contribution in [2.45, 2.75) is 348 Å². The van der Waals surface area contributed by atoms with E-state index in [1.807, 2.05) is 0 Å². The molecule has 70 heavy (non-hydrogen) atoms. The lowest BCUT2D eigenvalue weighted by atomic mass is 10.0. The van der Waals surface area contributed by atoms with Crippen molar-refractivity contribution in [3.05, 3.63) is 36.5 Å². The molecule has 0 aliphatic carbocycles. The highest BCUT2D eigenvalue weighted by molar-refractivity contribution is 5.70. The summed E-state index contributed by atoms with van der Waals surface area (Å²) in [6.07, 6.45) is 76.1. The predicted molar refractivity (Wildman–Crippen MR) is 307 cm³/mol. The van der Waals surface area contributed by atoms with Gasteiger partial charge in [-0.05, 0) is 77.0 Å². The SMILES string of the molecule is CCCCC/C=C\C/C=C\CCCCCCCC(=O)OC(COCCCCCCCCCCCC/C=C\CCCCCCCC)COC(=O)CCCCCCCCCCCCCCCCCCCCC. The van der Waals surface area contributed by atoms with E-state index in [2.05, 4.69) is 57.2 Å². The highest BCUT2D eigenvalue weighted by atomic mass is 16.6. The molecule has 1 atom stereocenters.